The number of carbonyl (C=O) groups excluding carboxylic acids is 1. The lowest BCUT2D eigenvalue weighted by atomic mass is 9.55. The number of phenols is 1. The van der Waals surface area contributed by atoms with Crippen molar-refractivity contribution in [2.75, 3.05) is 0 Å². The first kappa shape index (κ1) is 15.9. The first-order valence-corrected chi connectivity index (χ1v) is 9.47. The Balaban J connectivity index is 1.74. The third-order valence-electron chi connectivity index (χ3n) is 7.43. The minimum absolute atomic E-state index is 0.0627. The molecule has 5 atom stereocenters. The molecule has 2 nitrogen and oxygen atoms in total. The van der Waals surface area contributed by atoms with Crippen LogP contribution in [0.2, 0.25) is 0 Å². The van der Waals surface area contributed by atoms with Gasteiger partial charge in [-0.25, -0.2) is 0 Å². The standard InChI is InChI=1S/C22H28O2/c1-4-13(2)17-12-18-14(11-20(17)23)5-6-16-15(18)9-10-22(3)19(16)7-8-21(22)24/h4,11-13,15-16,19,23H,1,5-10H2,2-3H3/t13?,15-,16+,19-,22-/m0/s1. The number of rotatable bonds is 2. The van der Waals surface area contributed by atoms with Gasteiger partial charge in [0.05, 0.1) is 0 Å². The van der Waals surface area contributed by atoms with Gasteiger partial charge in [0.15, 0.2) is 0 Å². The van der Waals surface area contributed by atoms with Crippen molar-refractivity contribution in [3.05, 3.63) is 41.5 Å². The number of allylic oxidation sites excluding steroid dienone is 1. The molecule has 2 fully saturated rings. The molecule has 0 heterocycles. The predicted molar refractivity (Wildman–Crippen MR) is 96.3 cm³/mol. The van der Waals surface area contributed by atoms with E-state index in [1.54, 1.807) is 0 Å². The minimum atomic E-state index is -0.0627. The van der Waals surface area contributed by atoms with Crippen molar-refractivity contribution in [2.45, 2.75) is 64.2 Å². The van der Waals surface area contributed by atoms with Gasteiger partial charge >= 0.3 is 0 Å². The monoisotopic (exact) mass is 324 g/mol. The van der Waals surface area contributed by atoms with E-state index in [9.17, 15) is 9.90 Å². The number of benzene rings is 1. The largest absolute Gasteiger partial charge is 0.508 e. The summed E-state index contributed by atoms with van der Waals surface area (Å²) in [5.41, 5.74) is 3.70. The molecule has 128 valence electrons. The number of aryl methyl sites for hydroxylation is 1. The summed E-state index contributed by atoms with van der Waals surface area (Å²) >= 11 is 0. The Morgan fingerprint density at radius 3 is 2.83 bits per heavy atom. The zero-order valence-electron chi connectivity index (χ0n) is 14.8. The summed E-state index contributed by atoms with van der Waals surface area (Å²) in [6.07, 6.45) is 8.11. The lowest BCUT2D eigenvalue weighted by Crippen LogP contribution is -2.42. The number of aromatic hydroxyl groups is 1. The number of hydrogen-bond donors (Lipinski definition) is 1. The third kappa shape index (κ3) is 2.11. The number of ketones is 1. The average Bonchev–Trinajstić information content (AvgIpc) is 2.88. The molecule has 2 saturated carbocycles. The van der Waals surface area contributed by atoms with E-state index in [0.717, 1.165) is 37.7 Å². The van der Waals surface area contributed by atoms with Gasteiger partial charge in [0.2, 0.25) is 0 Å². The molecule has 3 aliphatic rings. The highest BCUT2D eigenvalue weighted by atomic mass is 16.3. The Bertz CT molecular complexity index is 704. The van der Waals surface area contributed by atoms with Crippen LogP contribution in [0.25, 0.3) is 0 Å². The molecule has 4 rings (SSSR count). The molecule has 0 aliphatic heterocycles. The number of Topliss-reactive ketones (excluding diaryl/α,β-unsaturated/α-hetero) is 1. The summed E-state index contributed by atoms with van der Waals surface area (Å²) in [5, 5.41) is 10.4. The summed E-state index contributed by atoms with van der Waals surface area (Å²) < 4.78 is 0. The quantitative estimate of drug-likeness (QED) is 0.768. The predicted octanol–water partition coefficient (Wildman–Crippen LogP) is 5.11. The molecule has 0 spiro atoms. The van der Waals surface area contributed by atoms with Gasteiger partial charge in [0.1, 0.15) is 11.5 Å². The zero-order valence-corrected chi connectivity index (χ0v) is 14.8. The van der Waals surface area contributed by atoms with Crippen LogP contribution < -0.4 is 0 Å². The Morgan fingerprint density at radius 2 is 2.08 bits per heavy atom. The molecule has 0 bridgehead atoms. The van der Waals surface area contributed by atoms with E-state index >= 15 is 0 Å². The maximum Gasteiger partial charge on any atom is 0.139 e. The van der Waals surface area contributed by atoms with Crippen LogP contribution in [0, 0.1) is 17.3 Å². The van der Waals surface area contributed by atoms with Crippen LogP contribution in [-0.4, -0.2) is 10.9 Å². The molecular formula is C22H28O2. The fourth-order valence-electron chi connectivity index (χ4n) is 5.89. The SMILES string of the molecule is C=CC(C)c1cc2c(cc1O)CC[C@@H]1[C@@H]2CC[C@]2(C)C(=O)CC[C@@H]12. The lowest BCUT2D eigenvalue weighted by Gasteiger charge is -2.48. The number of phenolic OH excluding ortho intramolecular Hbond substituents is 1. The van der Waals surface area contributed by atoms with Crippen molar-refractivity contribution >= 4 is 5.78 Å². The second-order valence-electron chi connectivity index (χ2n) is 8.47. The van der Waals surface area contributed by atoms with E-state index in [1.807, 2.05) is 12.1 Å². The number of carbonyl (C=O) groups is 1. The molecule has 1 aromatic carbocycles. The van der Waals surface area contributed by atoms with Crippen molar-refractivity contribution < 1.29 is 9.90 Å². The van der Waals surface area contributed by atoms with Gasteiger partial charge in [-0.3, -0.25) is 4.79 Å². The molecule has 0 amide bonds. The fourth-order valence-corrected chi connectivity index (χ4v) is 5.89. The molecule has 0 saturated heterocycles. The first-order valence-electron chi connectivity index (χ1n) is 9.47. The van der Waals surface area contributed by atoms with Gasteiger partial charge < -0.3 is 5.11 Å². The highest BCUT2D eigenvalue weighted by Crippen LogP contribution is 2.59. The Hall–Kier alpha value is -1.57. The van der Waals surface area contributed by atoms with Crippen molar-refractivity contribution in [3.8, 4) is 5.75 Å². The van der Waals surface area contributed by atoms with Gasteiger partial charge in [0.25, 0.3) is 0 Å². The van der Waals surface area contributed by atoms with E-state index in [2.05, 4.69) is 26.5 Å². The number of fused-ring (bicyclic) bond motifs is 5. The summed E-state index contributed by atoms with van der Waals surface area (Å²) in [6.45, 7) is 8.19. The molecule has 24 heavy (non-hydrogen) atoms. The van der Waals surface area contributed by atoms with E-state index in [-0.39, 0.29) is 11.3 Å². The molecule has 2 heteroatoms. The van der Waals surface area contributed by atoms with Crippen LogP contribution in [0.15, 0.2) is 24.8 Å². The average molecular weight is 324 g/mol. The third-order valence-corrected chi connectivity index (χ3v) is 7.43. The lowest BCUT2D eigenvalue weighted by molar-refractivity contribution is -0.129. The number of hydrogen-bond acceptors (Lipinski definition) is 2. The second-order valence-corrected chi connectivity index (χ2v) is 8.47. The first-order chi connectivity index (χ1) is 11.5. The zero-order chi connectivity index (χ0) is 17.1. The van der Waals surface area contributed by atoms with Crippen LogP contribution in [0.5, 0.6) is 5.75 Å². The van der Waals surface area contributed by atoms with E-state index in [4.69, 9.17) is 0 Å². The molecule has 0 aromatic heterocycles. The van der Waals surface area contributed by atoms with Gasteiger partial charge in [-0.1, -0.05) is 26.0 Å². The van der Waals surface area contributed by atoms with E-state index in [0.29, 0.717) is 29.3 Å². The normalized spacial score (nSPS) is 35.8. The Morgan fingerprint density at radius 1 is 1.29 bits per heavy atom. The fraction of sp³-hybridized carbons (Fsp3) is 0.591. The van der Waals surface area contributed by atoms with Crippen LogP contribution >= 0.6 is 0 Å². The molecule has 1 aromatic rings. The maximum absolute atomic E-state index is 12.4. The van der Waals surface area contributed by atoms with E-state index in [1.165, 1.54) is 17.5 Å². The maximum atomic E-state index is 12.4. The van der Waals surface area contributed by atoms with Crippen molar-refractivity contribution in [1.82, 2.24) is 0 Å². The van der Waals surface area contributed by atoms with Crippen molar-refractivity contribution in [2.24, 2.45) is 17.3 Å². The molecule has 0 radical (unpaired) electrons. The van der Waals surface area contributed by atoms with Crippen molar-refractivity contribution in [1.29, 1.82) is 0 Å². The summed E-state index contributed by atoms with van der Waals surface area (Å²) in [5.74, 6) is 2.84. The molecule has 1 unspecified atom stereocenters. The Labute approximate surface area is 145 Å². The second kappa shape index (κ2) is 5.47. The van der Waals surface area contributed by atoms with Gasteiger partial charge in [-0.15, -0.1) is 6.58 Å². The van der Waals surface area contributed by atoms with Gasteiger partial charge in [0, 0.05) is 23.3 Å². The van der Waals surface area contributed by atoms with E-state index < -0.39 is 0 Å². The van der Waals surface area contributed by atoms with Crippen LogP contribution in [-0.2, 0) is 11.2 Å². The van der Waals surface area contributed by atoms with Crippen LogP contribution in [0.1, 0.15) is 74.5 Å². The van der Waals surface area contributed by atoms with Crippen LogP contribution in [0.4, 0.5) is 0 Å². The summed E-state index contributed by atoms with van der Waals surface area (Å²) in [4.78, 5) is 12.4. The van der Waals surface area contributed by atoms with Gasteiger partial charge in [-0.2, -0.15) is 0 Å². The van der Waals surface area contributed by atoms with Crippen molar-refractivity contribution in [3.63, 3.8) is 0 Å². The minimum Gasteiger partial charge on any atom is -0.508 e. The highest BCUT2D eigenvalue weighted by Gasteiger charge is 2.54. The highest BCUT2D eigenvalue weighted by molar-refractivity contribution is 5.87. The Kier molecular flexibility index (Phi) is 3.63. The van der Waals surface area contributed by atoms with Crippen LogP contribution in [0.3, 0.4) is 0 Å². The summed E-state index contributed by atoms with van der Waals surface area (Å²) in [6, 6.07) is 4.24. The molecule has 1 N–H and O–H groups in total. The molecule has 3 aliphatic carbocycles. The smallest absolute Gasteiger partial charge is 0.139 e. The molecular weight excluding hydrogens is 296 g/mol. The topological polar surface area (TPSA) is 37.3 Å². The summed E-state index contributed by atoms with van der Waals surface area (Å²) in [7, 11) is 0. The van der Waals surface area contributed by atoms with Gasteiger partial charge in [-0.05, 0) is 67.1 Å².